The van der Waals surface area contributed by atoms with Gasteiger partial charge in [0.05, 0.1) is 19.4 Å². The molecule has 0 aliphatic rings. The van der Waals surface area contributed by atoms with Crippen molar-refractivity contribution in [2.24, 2.45) is 0 Å². The van der Waals surface area contributed by atoms with Gasteiger partial charge in [-0.2, -0.15) is 0 Å². The van der Waals surface area contributed by atoms with Crippen molar-refractivity contribution in [3.05, 3.63) is 161 Å². The Morgan fingerprint density at radius 2 is 1.45 bits per heavy atom. The number of methoxy groups -OCH3 is 1. The molecule has 0 aliphatic heterocycles. The molecule has 0 radical (unpaired) electrons. The molecule has 9 nitrogen and oxygen atoms in total. The lowest BCUT2D eigenvalue weighted by Crippen LogP contribution is -2.30. The molecule has 3 N–H and O–H groups in total. The molecule has 0 saturated carbocycles. The number of thioether (sulfide) groups is 1. The lowest BCUT2D eigenvalue weighted by molar-refractivity contribution is -0.116. The molecule has 0 fully saturated rings. The number of hydrogen-bond donors (Lipinski definition) is 3. The van der Waals surface area contributed by atoms with E-state index in [0.717, 1.165) is 16.0 Å². The molecular weight excluding hydrogens is 705 g/mol. The molecule has 11 heteroatoms. The number of carbonyl (C=O) groups excluding carboxylic acids is 3. The first-order valence-corrected chi connectivity index (χ1v) is 18.5. The Morgan fingerprint density at radius 1 is 0.792 bits per heavy atom. The maximum Gasteiger partial charge on any atom is 0.272 e. The van der Waals surface area contributed by atoms with Crippen LogP contribution < -0.4 is 25.4 Å². The highest BCUT2D eigenvalue weighted by Gasteiger charge is 2.24. The molecule has 1 unspecified atom stereocenters. The summed E-state index contributed by atoms with van der Waals surface area (Å²) in [5.41, 5.74) is 3.97. The van der Waals surface area contributed by atoms with Crippen LogP contribution in [0.3, 0.4) is 0 Å². The summed E-state index contributed by atoms with van der Waals surface area (Å²) >= 11 is 2.72. The number of ether oxygens (including phenoxy) is 2. The Bertz CT molecular complexity index is 2210. The van der Waals surface area contributed by atoms with Gasteiger partial charge in [-0.3, -0.25) is 14.4 Å². The molecule has 3 amide bonds. The van der Waals surface area contributed by atoms with E-state index in [9.17, 15) is 14.4 Å². The lowest BCUT2D eigenvalue weighted by atomic mass is 10.1. The third-order valence-electron chi connectivity index (χ3n) is 7.87. The minimum absolute atomic E-state index is 0.0429. The fourth-order valence-electron chi connectivity index (χ4n) is 5.32. The first-order chi connectivity index (χ1) is 25.9. The van der Waals surface area contributed by atoms with E-state index < -0.39 is 17.1 Å². The molecule has 1 aromatic heterocycles. The van der Waals surface area contributed by atoms with Crippen LogP contribution in [0.15, 0.2) is 149 Å². The molecule has 0 spiro atoms. The first-order valence-electron chi connectivity index (χ1n) is 16.7. The number of nitrogens with zero attached hydrogens (tertiary/aromatic N) is 1. The molecule has 1 heterocycles. The Balaban J connectivity index is 1.19. The highest BCUT2D eigenvalue weighted by Crippen LogP contribution is 2.38. The number of carbonyl (C=O) groups is 3. The summed E-state index contributed by atoms with van der Waals surface area (Å²) < 4.78 is 11.2. The minimum Gasteiger partial charge on any atom is -0.496 e. The second-order valence-corrected chi connectivity index (χ2v) is 13.5. The zero-order chi connectivity index (χ0) is 37.0. The number of amides is 3. The SMILES string of the molecule is CCOc1ccccc1/C=C(\NC(=O)c1ccccc1)C(=O)Nc1ccc(SC(C(=O)Nc2nc(-c3ccccc3OC)cs2)c2ccccc2)cc1. The van der Waals surface area contributed by atoms with Crippen LogP contribution in [0.25, 0.3) is 17.3 Å². The van der Waals surface area contributed by atoms with E-state index in [1.54, 1.807) is 55.7 Å². The van der Waals surface area contributed by atoms with Gasteiger partial charge in [0.15, 0.2) is 5.13 Å². The van der Waals surface area contributed by atoms with Gasteiger partial charge in [-0.15, -0.1) is 23.1 Å². The van der Waals surface area contributed by atoms with Gasteiger partial charge in [0.25, 0.3) is 11.8 Å². The highest BCUT2D eigenvalue weighted by atomic mass is 32.2. The maximum absolute atomic E-state index is 13.8. The first kappa shape index (κ1) is 36.6. The highest BCUT2D eigenvalue weighted by molar-refractivity contribution is 8.00. The number of nitrogens with one attached hydrogen (secondary N) is 3. The van der Waals surface area contributed by atoms with Crippen molar-refractivity contribution < 1.29 is 23.9 Å². The van der Waals surface area contributed by atoms with Crippen LogP contribution in [0.2, 0.25) is 0 Å². The van der Waals surface area contributed by atoms with Gasteiger partial charge in [-0.05, 0) is 73.2 Å². The van der Waals surface area contributed by atoms with Gasteiger partial charge in [0.1, 0.15) is 22.4 Å². The Labute approximate surface area is 316 Å². The quantitative estimate of drug-likeness (QED) is 0.0753. The second kappa shape index (κ2) is 17.9. The van der Waals surface area contributed by atoms with Crippen molar-refractivity contribution in [3.8, 4) is 22.8 Å². The van der Waals surface area contributed by atoms with Gasteiger partial charge in [-0.25, -0.2) is 4.98 Å². The van der Waals surface area contributed by atoms with E-state index in [4.69, 9.17) is 9.47 Å². The predicted octanol–water partition coefficient (Wildman–Crippen LogP) is 9.10. The number of aromatic nitrogens is 1. The summed E-state index contributed by atoms with van der Waals surface area (Å²) in [5.74, 6) is 0.115. The van der Waals surface area contributed by atoms with Crippen LogP contribution in [0, 0.1) is 0 Å². The molecule has 266 valence electrons. The Morgan fingerprint density at radius 3 is 2.17 bits per heavy atom. The Kier molecular flexibility index (Phi) is 12.3. The van der Waals surface area contributed by atoms with Crippen LogP contribution in [0.5, 0.6) is 11.5 Å². The van der Waals surface area contributed by atoms with E-state index in [0.29, 0.717) is 45.7 Å². The van der Waals surface area contributed by atoms with Gasteiger partial charge < -0.3 is 25.4 Å². The average molecular weight is 741 g/mol. The van der Waals surface area contributed by atoms with Crippen molar-refractivity contribution in [1.82, 2.24) is 10.3 Å². The molecule has 6 rings (SSSR count). The third kappa shape index (κ3) is 9.59. The lowest BCUT2D eigenvalue weighted by Gasteiger charge is -2.17. The number of anilines is 2. The summed E-state index contributed by atoms with van der Waals surface area (Å²) in [6.07, 6.45) is 1.59. The van der Waals surface area contributed by atoms with Gasteiger partial charge in [0, 0.05) is 32.7 Å². The molecule has 1 atom stereocenters. The van der Waals surface area contributed by atoms with Crippen LogP contribution >= 0.6 is 23.1 Å². The summed E-state index contributed by atoms with van der Waals surface area (Å²) in [6, 6.07) is 40.3. The number of para-hydroxylation sites is 2. The van der Waals surface area contributed by atoms with Crippen molar-refractivity contribution in [2.75, 3.05) is 24.4 Å². The van der Waals surface area contributed by atoms with E-state index in [2.05, 4.69) is 20.9 Å². The van der Waals surface area contributed by atoms with E-state index in [-0.39, 0.29) is 11.6 Å². The van der Waals surface area contributed by atoms with Crippen molar-refractivity contribution in [1.29, 1.82) is 0 Å². The zero-order valence-corrected chi connectivity index (χ0v) is 30.6. The Hall–Kier alpha value is -6.17. The molecule has 5 aromatic carbocycles. The van der Waals surface area contributed by atoms with Gasteiger partial charge >= 0.3 is 0 Å². The van der Waals surface area contributed by atoms with Crippen molar-refractivity contribution >= 4 is 57.7 Å². The second-order valence-electron chi connectivity index (χ2n) is 11.5. The molecule has 0 saturated heterocycles. The van der Waals surface area contributed by atoms with Gasteiger partial charge in [-0.1, -0.05) is 78.9 Å². The summed E-state index contributed by atoms with van der Waals surface area (Å²) in [4.78, 5) is 46.1. The number of hydrogen-bond acceptors (Lipinski definition) is 8. The molecule has 0 aliphatic carbocycles. The van der Waals surface area contributed by atoms with E-state index in [1.807, 2.05) is 103 Å². The monoisotopic (exact) mass is 740 g/mol. The van der Waals surface area contributed by atoms with Crippen LogP contribution in [-0.4, -0.2) is 36.4 Å². The average Bonchev–Trinajstić information content (AvgIpc) is 3.66. The molecule has 0 bridgehead atoms. The summed E-state index contributed by atoms with van der Waals surface area (Å²) in [7, 11) is 1.61. The molecular formula is C42H36N4O5S2. The minimum atomic E-state index is -0.594. The largest absolute Gasteiger partial charge is 0.496 e. The molecule has 53 heavy (non-hydrogen) atoms. The smallest absolute Gasteiger partial charge is 0.272 e. The topological polar surface area (TPSA) is 119 Å². The standard InChI is InChI=1S/C42H36N4O5S2/c1-3-51-36-20-12-10-18-30(36)26-34(44-39(47)29-16-8-5-9-17-29)40(48)43-31-22-24-32(25-23-31)53-38(28-14-6-4-7-15-28)41(49)46-42-45-35(27-52-42)33-19-11-13-21-37(33)50-2/h4-27,38H,3H2,1-2H3,(H,43,48)(H,44,47)(H,45,46,49)/b34-26-. The van der Waals surface area contributed by atoms with Crippen LogP contribution in [0.1, 0.15) is 33.7 Å². The number of thiazole rings is 1. The van der Waals surface area contributed by atoms with E-state index in [1.165, 1.54) is 23.1 Å². The fraction of sp³-hybridized carbons (Fsp3) is 0.0952. The zero-order valence-electron chi connectivity index (χ0n) is 28.9. The number of benzene rings is 5. The maximum atomic E-state index is 13.8. The van der Waals surface area contributed by atoms with E-state index >= 15 is 0 Å². The van der Waals surface area contributed by atoms with Crippen molar-refractivity contribution in [2.45, 2.75) is 17.1 Å². The summed E-state index contributed by atoms with van der Waals surface area (Å²) in [5, 5.41) is 10.4. The van der Waals surface area contributed by atoms with Crippen LogP contribution in [-0.2, 0) is 9.59 Å². The fourth-order valence-corrected chi connectivity index (χ4v) is 7.06. The normalized spacial score (nSPS) is 11.6. The van der Waals surface area contributed by atoms with Gasteiger partial charge in [0.2, 0.25) is 5.91 Å². The third-order valence-corrected chi connectivity index (χ3v) is 9.90. The van der Waals surface area contributed by atoms with Crippen LogP contribution in [0.4, 0.5) is 10.8 Å². The number of rotatable bonds is 14. The predicted molar refractivity (Wildman–Crippen MR) is 212 cm³/mol. The van der Waals surface area contributed by atoms with Crippen molar-refractivity contribution in [3.63, 3.8) is 0 Å². The molecule has 6 aromatic rings. The summed E-state index contributed by atoms with van der Waals surface area (Å²) in [6.45, 7) is 2.32.